The summed E-state index contributed by atoms with van der Waals surface area (Å²) in [6.45, 7) is 2.88. The fraction of sp³-hybridized carbons (Fsp3) is 0.243. The summed E-state index contributed by atoms with van der Waals surface area (Å²) >= 11 is 0. The van der Waals surface area contributed by atoms with Gasteiger partial charge in [0.2, 0.25) is 0 Å². The van der Waals surface area contributed by atoms with Gasteiger partial charge in [-0.05, 0) is 71.8 Å². The molecule has 0 unspecified atom stereocenters. The van der Waals surface area contributed by atoms with Crippen LogP contribution in [0.4, 0.5) is 5.69 Å². The molecule has 7 nitrogen and oxygen atoms in total. The Bertz CT molecular complexity index is 1830. The smallest absolute Gasteiger partial charge is 0.261 e. The minimum absolute atomic E-state index is 0.0159. The summed E-state index contributed by atoms with van der Waals surface area (Å²) < 4.78 is 41.4. The highest BCUT2D eigenvalue weighted by molar-refractivity contribution is 7.92. The maximum Gasteiger partial charge on any atom is 0.261 e. The molecule has 0 amide bonds. The largest absolute Gasteiger partial charge is 0.392 e. The molecular weight excluding hydrogens is 584 g/mol. The van der Waals surface area contributed by atoms with Gasteiger partial charge in [0.25, 0.3) is 10.0 Å². The second kappa shape index (κ2) is 13.5. The van der Waals surface area contributed by atoms with E-state index in [2.05, 4.69) is 66.1 Å². The number of anilines is 1. The molecule has 0 saturated carbocycles. The zero-order valence-corrected chi connectivity index (χ0v) is 26.2. The minimum atomic E-state index is -3.70. The third kappa shape index (κ3) is 7.27. The van der Waals surface area contributed by atoms with Crippen LogP contribution in [0.5, 0.6) is 0 Å². The van der Waals surface area contributed by atoms with E-state index >= 15 is 0 Å². The zero-order valence-electron chi connectivity index (χ0n) is 25.4. The van der Waals surface area contributed by atoms with Crippen LogP contribution in [-0.4, -0.2) is 38.1 Å². The lowest BCUT2D eigenvalue weighted by Crippen LogP contribution is -2.38. The Hall–Kier alpha value is -4.05. The van der Waals surface area contributed by atoms with Crippen molar-refractivity contribution < 1.29 is 23.0 Å². The highest BCUT2D eigenvalue weighted by Gasteiger charge is 2.33. The molecule has 0 bridgehead atoms. The number of hydrogen-bond donors (Lipinski definition) is 2. The molecule has 1 fully saturated rings. The van der Waals surface area contributed by atoms with E-state index in [0.717, 1.165) is 16.7 Å². The van der Waals surface area contributed by atoms with Crippen LogP contribution in [-0.2, 0) is 26.1 Å². The fourth-order valence-corrected chi connectivity index (χ4v) is 6.84. The molecule has 1 saturated heterocycles. The predicted molar refractivity (Wildman–Crippen MR) is 177 cm³/mol. The second-order valence-electron chi connectivity index (χ2n) is 11.6. The van der Waals surface area contributed by atoms with Gasteiger partial charge >= 0.3 is 0 Å². The monoisotopic (exact) mass is 622 g/mol. The molecule has 45 heavy (non-hydrogen) atoms. The number of aliphatic hydroxyl groups is 1. The molecule has 0 radical (unpaired) electrons. The number of ether oxygens (including phenoxy) is 2. The lowest BCUT2D eigenvalue weighted by atomic mass is 9.98. The van der Waals surface area contributed by atoms with Crippen molar-refractivity contribution in [2.75, 3.05) is 18.3 Å². The van der Waals surface area contributed by atoms with Crippen LogP contribution in [0.3, 0.4) is 0 Å². The summed E-state index contributed by atoms with van der Waals surface area (Å²) in [5.74, 6) is 0. The van der Waals surface area contributed by atoms with Gasteiger partial charge < -0.3 is 14.6 Å². The number of nitrogens with zero attached hydrogens (tertiary/aromatic N) is 1. The topological polar surface area (TPSA) is 88.1 Å². The summed E-state index contributed by atoms with van der Waals surface area (Å²) in [5, 5.41) is 12.0. The molecule has 5 aromatic carbocycles. The van der Waals surface area contributed by atoms with Gasteiger partial charge in [-0.25, -0.2) is 8.42 Å². The van der Waals surface area contributed by atoms with Crippen molar-refractivity contribution in [1.82, 2.24) is 4.90 Å². The van der Waals surface area contributed by atoms with Crippen LogP contribution in [0.1, 0.15) is 54.0 Å². The van der Waals surface area contributed by atoms with Crippen LogP contribution in [0.2, 0.25) is 0 Å². The van der Waals surface area contributed by atoms with E-state index in [0.29, 0.717) is 18.7 Å². The van der Waals surface area contributed by atoms with Crippen molar-refractivity contribution in [1.29, 1.82) is 0 Å². The zero-order chi connectivity index (χ0) is 31.4. The van der Waals surface area contributed by atoms with Gasteiger partial charge in [-0.3, -0.25) is 9.62 Å². The van der Waals surface area contributed by atoms with E-state index < -0.39 is 16.3 Å². The Morgan fingerprint density at radius 2 is 1.49 bits per heavy atom. The van der Waals surface area contributed by atoms with Gasteiger partial charge in [0.1, 0.15) is 0 Å². The predicted octanol–water partition coefficient (Wildman–Crippen LogP) is 7.37. The van der Waals surface area contributed by atoms with Gasteiger partial charge in [0, 0.05) is 30.3 Å². The van der Waals surface area contributed by atoms with E-state index in [-0.39, 0.29) is 29.8 Å². The SMILES string of the molecule is C[C@H](c1ccc2ccccc2c1)N(C)C[C@H]1C[C@@H](c2ccc(CO)cc2)O[C@@H](c2ccc(NS(=O)(=O)c3ccccc3)cc2)O1. The summed E-state index contributed by atoms with van der Waals surface area (Å²) in [7, 11) is -1.59. The summed E-state index contributed by atoms with van der Waals surface area (Å²) in [6.07, 6.45) is -0.327. The molecule has 1 heterocycles. The summed E-state index contributed by atoms with van der Waals surface area (Å²) in [4.78, 5) is 2.51. The lowest BCUT2D eigenvalue weighted by Gasteiger charge is -2.39. The van der Waals surface area contributed by atoms with Crippen molar-refractivity contribution in [2.24, 2.45) is 0 Å². The fourth-order valence-electron chi connectivity index (χ4n) is 5.76. The Morgan fingerprint density at radius 3 is 2.20 bits per heavy atom. The van der Waals surface area contributed by atoms with Crippen molar-refractivity contribution in [3.05, 3.63) is 144 Å². The number of fused-ring (bicyclic) bond motifs is 1. The second-order valence-corrected chi connectivity index (χ2v) is 13.3. The number of nitrogens with one attached hydrogen (secondary N) is 1. The van der Waals surface area contributed by atoms with Crippen LogP contribution in [0.15, 0.2) is 126 Å². The molecule has 1 aliphatic rings. The van der Waals surface area contributed by atoms with Gasteiger partial charge in [0.15, 0.2) is 6.29 Å². The molecule has 232 valence electrons. The first kappa shape index (κ1) is 31.0. The van der Waals surface area contributed by atoms with Crippen molar-refractivity contribution in [2.45, 2.75) is 49.4 Å². The lowest BCUT2D eigenvalue weighted by molar-refractivity contribution is -0.253. The van der Waals surface area contributed by atoms with E-state index in [1.54, 1.807) is 42.5 Å². The molecule has 4 atom stereocenters. The van der Waals surface area contributed by atoms with Crippen LogP contribution in [0, 0.1) is 0 Å². The highest BCUT2D eigenvalue weighted by Crippen LogP contribution is 2.39. The maximum absolute atomic E-state index is 12.8. The first-order valence-electron chi connectivity index (χ1n) is 15.2. The van der Waals surface area contributed by atoms with Crippen LogP contribution >= 0.6 is 0 Å². The van der Waals surface area contributed by atoms with Crippen LogP contribution in [0.25, 0.3) is 10.8 Å². The van der Waals surface area contributed by atoms with Gasteiger partial charge in [-0.2, -0.15) is 0 Å². The molecule has 1 aliphatic heterocycles. The van der Waals surface area contributed by atoms with E-state index in [1.165, 1.54) is 16.3 Å². The average Bonchev–Trinajstić information content (AvgIpc) is 3.08. The Balaban J connectivity index is 1.20. The molecule has 6 rings (SSSR count). The number of benzene rings is 5. The Morgan fingerprint density at radius 1 is 0.822 bits per heavy atom. The number of sulfonamides is 1. The number of hydrogen-bond acceptors (Lipinski definition) is 6. The highest BCUT2D eigenvalue weighted by atomic mass is 32.2. The van der Waals surface area contributed by atoms with Gasteiger partial charge in [0.05, 0.1) is 23.7 Å². The number of aliphatic hydroxyl groups excluding tert-OH is 1. The molecule has 8 heteroatoms. The normalized spacial score (nSPS) is 19.4. The van der Waals surface area contributed by atoms with Crippen LogP contribution < -0.4 is 4.72 Å². The number of rotatable bonds is 10. The maximum atomic E-state index is 12.8. The van der Waals surface area contributed by atoms with Crippen molar-refractivity contribution in [3.8, 4) is 0 Å². The van der Waals surface area contributed by atoms with Crippen molar-refractivity contribution in [3.63, 3.8) is 0 Å². The molecule has 5 aromatic rings. The Labute approximate surface area is 265 Å². The number of likely N-dealkylation sites (N-methyl/N-ethyl adjacent to an activating group) is 1. The molecule has 2 N–H and O–H groups in total. The Kier molecular flexibility index (Phi) is 9.30. The van der Waals surface area contributed by atoms with E-state index in [4.69, 9.17) is 9.47 Å². The third-order valence-electron chi connectivity index (χ3n) is 8.51. The average molecular weight is 623 g/mol. The molecule has 0 spiro atoms. The summed E-state index contributed by atoms with van der Waals surface area (Å²) in [6, 6.07) is 38.4. The molecular formula is C37H38N2O5S. The molecule has 0 aromatic heterocycles. The van der Waals surface area contributed by atoms with Gasteiger partial charge in [-0.1, -0.05) is 91.0 Å². The van der Waals surface area contributed by atoms with Gasteiger partial charge in [-0.15, -0.1) is 0 Å². The minimum Gasteiger partial charge on any atom is -0.392 e. The third-order valence-corrected chi connectivity index (χ3v) is 9.91. The quantitative estimate of drug-likeness (QED) is 0.169. The standard InChI is InChI=1S/C37H38N2O5S/c1-26(31-17-16-28-8-6-7-9-32(28)22-31)39(2)24-34-23-36(29-14-12-27(25-40)13-15-29)44-37(43-34)30-18-20-33(21-19-30)38-45(41,42)35-10-4-3-5-11-35/h3-22,26,34,36-38,40H,23-25H2,1-2H3/t26-,34-,36+,37+/m1/s1. The van der Waals surface area contributed by atoms with Crippen molar-refractivity contribution >= 4 is 26.5 Å². The van der Waals surface area contributed by atoms with E-state index in [1.807, 2.05) is 36.4 Å². The first-order chi connectivity index (χ1) is 21.8. The summed E-state index contributed by atoms with van der Waals surface area (Å²) in [5.41, 5.74) is 4.35. The molecule has 0 aliphatic carbocycles. The van der Waals surface area contributed by atoms with E-state index in [9.17, 15) is 13.5 Å². The first-order valence-corrected chi connectivity index (χ1v) is 16.6.